The lowest BCUT2D eigenvalue weighted by Crippen LogP contribution is -2.47. The quantitative estimate of drug-likeness (QED) is 0.231. The molecule has 1 aromatic heterocycles. The number of rotatable bonds is 8. The maximum Gasteiger partial charge on any atom is 0.258 e. The molecular formula is C21H31N7O2S. The third-order valence-corrected chi connectivity index (χ3v) is 6.90. The van der Waals surface area contributed by atoms with E-state index in [9.17, 15) is 9.59 Å². The Labute approximate surface area is 185 Å². The maximum atomic E-state index is 12.6. The Kier molecular flexibility index (Phi) is 7.91. The van der Waals surface area contributed by atoms with Crippen LogP contribution in [0.5, 0.6) is 0 Å². The summed E-state index contributed by atoms with van der Waals surface area (Å²) in [5, 5.41) is 10.9. The molecular weight excluding hydrogens is 414 g/mol. The van der Waals surface area contributed by atoms with Crippen molar-refractivity contribution in [3.63, 3.8) is 0 Å². The number of H-pyrrole nitrogens is 1. The summed E-state index contributed by atoms with van der Waals surface area (Å²) in [6, 6.07) is 5.10. The first-order valence-electron chi connectivity index (χ1n) is 10.6. The van der Waals surface area contributed by atoms with Crippen LogP contribution in [0.25, 0.3) is 10.9 Å². The smallest absolute Gasteiger partial charge is 0.258 e. The number of piperidine rings is 1. The zero-order valence-corrected chi connectivity index (χ0v) is 18.6. The fourth-order valence-electron chi connectivity index (χ4n) is 3.76. The Morgan fingerprint density at radius 3 is 2.87 bits per heavy atom. The molecule has 1 aromatic carbocycles. The van der Waals surface area contributed by atoms with E-state index in [4.69, 9.17) is 16.9 Å². The lowest BCUT2D eigenvalue weighted by molar-refractivity contribution is -0.133. The topological polar surface area (TPSA) is 154 Å². The SMILES string of the molecule is Cc1cccc2c(=O)[nH]c(CSC3CCN(C(=O)[C@@H](N)CCCNC(=N)N)CC3)nc12. The number of hydrogen-bond acceptors (Lipinski definition) is 6. The molecule has 168 valence electrons. The van der Waals surface area contributed by atoms with Gasteiger partial charge in [-0.25, -0.2) is 4.98 Å². The van der Waals surface area contributed by atoms with Crippen molar-refractivity contribution >= 4 is 34.5 Å². The molecule has 0 unspecified atom stereocenters. The van der Waals surface area contributed by atoms with Crippen LogP contribution < -0.4 is 22.3 Å². The van der Waals surface area contributed by atoms with Crippen LogP contribution in [0.4, 0.5) is 0 Å². The van der Waals surface area contributed by atoms with E-state index < -0.39 is 6.04 Å². The highest BCUT2D eigenvalue weighted by Crippen LogP contribution is 2.26. The number of benzene rings is 1. The lowest BCUT2D eigenvalue weighted by Gasteiger charge is -2.33. The van der Waals surface area contributed by atoms with Crippen molar-refractivity contribution < 1.29 is 4.79 Å². The summed E-state index contributed by atoms with van der Waals surface area (Å²) in [6.45, 7) is 3.88. The Balaban J connectivity index is 1.45. The summed E-state index contributed by atoms with van der Waals surface area (Å²) in [6.07, 6.45) is 3.04. The van der Waals surface area contributed by atoms with Crippen molar-refractivity contribution in [2.24, 2.45) is 11.5 Å². The first-order chi connectivity index (χ1) is 14.8. The van der Waals surface area contributed by atoms with Gasteiger partial charge in [-0.3, -0.25) is 15.0 Å². The predicted octanol–water partition coefficient (Wildman–Crippen LogP) is 1.05. The fraction of sp³-hybridized carbons (Fsp3) is 0.524. The maximum absolute atomic E-state index is 12.6. The van der Waals surface area contributed by atoms with Gasteiger partial charge in [0.15, 0.2) is 5.96 Å². The molecule has 1 saturated heterocycles. The van der Waals surface area contributed by atoms with Gasteiger partial charge in [0.1, 0.15) is 5.82 Å². The number of nitrogens with zero attached hydrogens (tertiary/aromatic N) is 2. The second-order valence-electron chi connectivity index (χ2n) is 7.91. The van der Waals surface area contributed by atoms with Crippen LogP contribution in [0.1, 0.15) is 37.1 Å². The van der Waals surface area contributed by atoms with E-state index in [1.54, 1.807) is 17.8 Å². The Morgan fingerprint density at radius 2 is 2.16 bits per heavy atom. The number of para-hydroxylation sites is 1. The molecule has 0 spiro atoms. The average molecular weight is 446 g/mol. The van der Waals surface area contributed by atoms with Gasteiger partial charge in [-0.1, -0.05) is 12.1 Å². The second kappa shape index (κ2) is 10.6. The van der Waals surface area contributed by atoms with Crippen LogP contribution in [-0.2, 0) is 10.5 Å². The van der Waals surface area contributed by atoms with E-state index >= 15 is 0 Å². The largest absolute Gasteiger partial charge is 0.370 e. The van der Waals surface area contributed by atoms with Crippen molar-refractivity contribution in [1.82, 2.24) is 20.2 Å². The molecule has 1 aliphatic heterocycles. The molecule has 3 rings (SSSR count). The number of likely N-dealkylation sites (tertiary alicyclic amines) is 1. The summed E-state index contributed by atoms with van der Waals surface area (Å²) >= 11 is 1.77. The molecule has 1 atom stereocenters. The molecule has 2 aromatic rings. The highest BCUT2D eigenvalue weighted by Gasteiger charge is 2.26. The van der Waals surface area contributed by atoms with E-state index in [1.165, 1.54) is 0 Å². The van der Waals surface area contributed by atoms with Crippen molar-refractivity contribution in [2.45, 2.75) is 49.7 Å². The zero-order valence-electron chi connectivity index (χ0n) is 17.8. The Hall–Kier alpha value is -2.59. The molecule has 9 nitrogen and oxygen atoms in total. The number of carbonyl (C=O) groups excluding carboxylic acids is 1. The lowest BCUT2D eigenvalue weighted by atomic mass is 10.1. The minimum absolute atomic E-state index is 0.0118. The van der Waals surface area contributed by atoms with Crippen molar-refractivity contribution in [1.29, 1.82) is 5.41 Å². The normalized spacial score (nSPS) is 15.7. The van der Waals surface area contributed by atoms with E-state index in [0.29, 0.717) is 54.7 Å². The van der Waals surface area contributed by atoms with Crippen LogP contribution in [0.15, 0.2) is 23.0 Å². The second-order valence-corrected chi connectivity index (χ2v) is 9.20. The Morgan fingerprint density at radius 1 is 1.42 bits per heavy atom. The number of aromatic amines is 1. The van der Waals surface area contributed by atoms with Crippen molar-refractivity contribution in [3.05, 3.63) is 39.9 Å². The van der Waals surface area contributed by atoms with Crippen LogP contribution in [0, 0.1) is 12.3 Å². The summed E-state index contributed by atoms with van der Waals surface area (Å²) in [4.78, 5) is 34.3. The molecule has 0 saturated carbocycles. The number of aromatic nitrogens is 2. The van der Waals surface area contributed by atoms with Gasteiger partial charge in [-0.15, -0.1) is 0 Å². The van der Waals surface area contributed by atoms with Gasteiger partial charge in [-0.05, 0) is 44.2 Å². The van der Waals surface area contributed by atoms with Gasteiger partial charge in [0.05, 0.1) is 22.7 Å². The molecule has 1 aliphatic rings. The number of guanidine groups is 1. The third kappa shape index (κ3) is 6.20. The number of fused-ring (bicyclic) bond motifs is 1. The molecule has 0 bridgehead atoms. The van der Waals surface area contributed by atoms with Crippen LogP contribution in [0.2, 0.25) is 0 Å². The number of nitrogens with one attached hydrogen (secondary N) is 3. The molecule has 1 amide bonds. The van der Waals surface area contributed by atoms with Crippen molar-refractivity contribution in [2.75, 3.05) is 19.6 Å². The molecule has 31 heavy (non-hydrogen) atoms. The number of nitrogens with two attached hydrogens (primary N) is 2. The number of aryl methyl sites for hydroxylation is 1. The highest BCUT2D eigenvalue weighted by molar-refractivity contribution is 7.99. The molecule has 1 fully saturated rings. The van der Waals surface area contributed by atoms with E-state index in [0.717, 1.165) is 23.9 Å². The summed E-state index contributed by atoms with van der Waals surface area (Å²) < 4.78 is 0. The molecule has 2 heterocycles. The van der Waals surface area contributed by atoms with Gasteiger partial charge in [0.25, 0.3) is 5.56 Å². The summed E-state index contributed by atoms with van der Waals surface area (Å²) in [5.74, 6) is 1.25. The van der Waals surface area contributed by atoms with E-state index in [-0.39, 0.29) is 17.4 Å². The number of carbonyl (C=O) groups is 1. The summed E-state index contributed by atoms with van der Waals surface area (Å²) in [7, 11) is 0. The van der Waals surface area contributed by atoms with E-state index in [2.05, 4.69) is 15.3 Å². The number of amides is 1. The standard InChI is InChI=1S/C21H31N7O2S/c1-13-4-2-5-15-18(13)26-17(27-19(15)29)12-31-14-7-10-28(11-8-14)20(30)16(22)6-3-9-25-21(23)24/h2,4-5,14,16H,3,6-12,22H2,1H3,(H4,23,24,25)(H,26,27,29)/t16-/m0/s1. The first-order valence-corrected chi connectivity index (χ1v) is 11.6. The molecule has 0 radical (unpaired) electrons. The van der Waals surface area contributed by atoms with Gasteiger partial charge in [-0.2, -0.15) is 11.8 Å². The zero-order chi connectivity index (χ0) is 22.4. The van der Waals surface area contributed by atoms with Gasteiger partial charge in [0, 0.05) is 24.9 Å². The van der Waals surface area contributed by atoms with Gasteiger partial charge < -0.3 is 26.7 Å². The highest BCUT2D eigenvalue weighted by atomic mass is 32.2. The number of hydrogen-bond donors (Lipinski definition) is 5. The average Bonchev–Trinajstić information content (AvgIpc) is 2.75. The third-order valence-electron chi connectivity index (χ3n) is 5.52. The Bertz CT molecular complexity index is 985. The van der Waals surface area contributed by atoms with Crippen LogP contribution in [-0.4, -0.2) is 57.7 Å². The fourth-order valence-corrected chi connectivity index (χ4v) is 4.84. The molecule has 10 heteroatoms. The first kappa shape index (κ1) is 23.1. The van der Waals surface area contributed by atoms with Gasteiger partial charge in [0.2, 0.25) is 5.91 Å². The van der Waals surface area contributed by atoms with Gasteiger partial charge >= 0.3 is 0 Å². The minimum Gasteiger partial charge on any atom is -0.370 e. The van der Waals surface area contributed by atoms with Crippen LogP contribution in [0.3, 0.4) is 0 Å². The van der Waals surface area contributed by atoms with E-state index in [1.807, 2.05) is 24.0 Å². The minimum atomic E-state index is -0.520. The molecule has 7 N–H and O–H groups in total. The number of thioether (sulfide) groups is 1. The molecule has 0 aliphatic carbocycles. The van der Waals surface area contributed by atoms with Crippen molar-refractivity contribution in [3.8, 4) is 0 Å². The monoisotopic (exact) mass is 445 g/mol. The predicted molar refractivity (Wildman–Crippen MR) is 125 cm³/mol. The summed E-state index contributed by atoms with van der Waals surface area (Å²) in [5.41, 5.74) is 13.0. The van der Waals surface area contributed by atoms with Crippen LogP contribution >= 0.6 is 11.8 Å².